The second-order valence-corrected chi connectivity index (χ2v) is 6.68. The lowest BCUT2D eigenvalue weighted by Crippen LogP contribution is -2.18. The Bertz CT molecular complexity index is 1050. The molecule has 1 aliphatic carbocycles. The van der Waals surface area contributed by atoms with Crippen LogP contribution in [0, 0.1) is 0 Å². The first-order valence-electron chi connectivity index (χ1n) is 9.02. The maximum atomic E-state index is 12.2. The lowest BCUT2D eigenvalue weighted by atomic mass is 9.98. The van der Waals surface area contributed by atoms with E-state index < -0.39 is 24.0 Å². The van der Waals surface area contributed by atoms with Gasteiger partial charge in [-0.25, -0.2) is 4.79 Å². The van der Waals surface area contributed by atoms with Gasteiger partial charge in [-0.15, -0.1) is 13.2 Å². The summed E-state index contributed by atoms with van der Waals surface area (Å²) in [5.74, 6) is -1.32. The Morgan fingerprint density at radius 2 is 1.57 bits per heavy atom. The first-order valence-corrected chi connectivity index (χ1v) is 9.02. The van der Waals surface area contributed by atoms with Crippen LogP contribution >= 0.6 is 0 Å². The fourth-order valence-electron chi connectivity index (χ4n) is 3.56. The molecule has 3 aromatic carbocycles. The molecular formula is C22H16F3NO4. The van der Waals surface area contributed by atoms with Crippen LogP contribution in [0.1, 0.15) is 17.0 Å². The van der Waals surface area contributed by atoms with Gasteiger partial charge in [0.2, 0.25) is 0 Å². The number of carbonyl (C=O) groups is 1. The molecule has 1 aliphatic rings. The van der Waals surface area contributed by atoms with Crippen molar-refractivity contribution in [3.63, 3.8) is 0 Å². The summed E-state index contributed by atoms with van der Waals surface area (Å²) in [7, 11) is 0. The number of hydrogen-bond donors (Lipinski definition) is 2. The number of amides is 1. The van der Waals surface area contributed by atoms with Gasteiger partial charge in [-0.05, 0) is 34.4 Å². The zero-order valence-corrected chi connectivity index (χ0v) is 15.4. The van der Waals surface area contributed by atoms with Crippen LogP contribution in [0.4, 0.5) is 23.7 Å². The molecule has 4 rings (SSSR count). The number of phenolic OH excluding ortho intramolecular Hbond substituents is 1. The minimum absolute atomic E-state index is 0.0654. The van der Waals surface area contributed by atoms with Gasteiger partial charge in [0.1, 0.15) is 18.1 Å². The topological polar surface area (TPSA) is 67.8 Å². The Kier molecular flexibility index (Phi) is 4.99. The Morgan fingerprint density at radius 3 is 2.13 bits per heavy atom. The number of anilines is 1. The van der Waals surface area contributed by atoms with Crippen LogP contribution in [0.15, 0.2) is 66.7 Å². The van der Waals surface area contributed by atoms with E-state index >= 15 is 0 Å². The number of fused-ring (bicyclic) bond motifs is 3. The van der Waals surface area contributed by atoms with E-state index in [2.05, 4.69) is 10.1 Å². The SMILES string of the molecule is O=C(Nc1ccc(OC(F)(F)F)cc1O)OCC1c2ccccc2-c2ccccc21. The molecule has 0 saturated carbocycles. The van der Waals surface area contributed by atoms with Crippen molar-refractivity contribution in [3.05, 3.63) is 77.9 Å². The van der Waals surface area contributed by atoms with E-state index in [1.807, 2.05) is 48.5 Å². The summed E-state index contributed by atoms with van der Waals surface area (Å²) in [5.41, 5.74) is 4.16. The van der Waals surface area contributed by atoms with Crippen LogP contribution in [-0.4, -0.2) is 24.2 Å². The van der Waals surface area contributed by atoms with Gasteiger partial charge in [-0.1, -0.05) is 48.5 Å². The predicted molar refractivity (Wildman–Crippen MR) is 103 cm³/mol. The second-order valence-electron chi connectivity index (χ2n) is 6.68. The second kappa shape index (κ2) is 7.62. The first-order chi connectivity index (χ1) is 14.3. The molecule has 0 bridgehead atoms. The van der Waals surface area contributed by atoms with Gasteiger partial charge in [0.15, 0.2) is 0 Å². The number of halogens is 3. The summed E-state index contributed by atoms with van der Waals surface area (Å²) in [5, 5.41) is 12.2. The molecule has 2 N–H and O–H groups in total. The number of ether oxygens (including phenoxy) is 2. The smallest absolute Gasteiger partial charge is 0.506 e. The fourth-order valence-corrected chi connectivity index (χ4v) is 3.56. The van der Waals surface area contributed by atoms with Gasteiger partial charge in [0, 0.05) is 12.0 Å². The lowest BCUT2D eigenvalue weighted by Gasteiger charge is -2.15. The molecule has 3 aromatic rings. The Morgan fingerprint density at radius 1 is 0.967 bits per heavy atom. The molecule has 1 amide bonds. The lowest BCUT2D eigenvalue weighted by molar-refractivity contribution is -0.274. The minimum Gasteiger partial charge on any atom is -0.506 e. The average molecular weight is 415 g/mol. The van der Waals surface area contributed by atoms with Gasteiger partial charge in [-0.2, -0.15) is 0 Å². The van der Waals surface area contributed by atoms with Crippen molar-refractivity contribution in [2.45, 2.75) is 12.3 Å². The highest BCUT2D eigenvalue weighted by molar-refractivity contribution is 5.87. The van der Waals surface area contributed by atoms with Crippen molar-refractivity contribution in [3.8, 4) is 22.6 Å². The number of phenols is 1. The molecule has 0 atom stereocenters. The highest BCUT2D eigenvalue weighted by atomic mass is 19.4. The molecule has 0 heterocycles. The normalized spacial score (nSPS) is 12.8. The number of carbonyl (C=O) groups excluding carboxylic acids is 1. The van der Waals surface area contributed by atoms with Crippen LogP contribution < -0.4 is 10.1 Å². The summed E-state index contributed by atoms with van der Waals surface area (Å²) in [6, 6.07) is 18.5. The standard InChI is InChI=1S/C22H16F3NO4/c23-22(24,25)30-13-9-10-19(20(27)11-13)26-21(28)29-12-18-16-7-3-1-5-14(16)15-6-2-4-8-17(15)18/h1-11,18,27H,12H2,(H,26,28). The molecule has 154 valence electrons. The third kappa shape index (κ3) is 4.03. The maximum Gasteiger partial charge on any atom is 0.573 e. The number of rotatable bonds is 4. The van der Waals surface area contributed by atoms with Gasteiger partial charge in [0.05, 0.1) is 5.69 Å². The summed E-state index contributed by atoms with van der Waals surface area (Å²) in [4.78, 5) is 12.2. The monoisotopic (exact) mass is 415 g/mol. The van der Waals surface area contributed by atoms with Gasteiger partial charge >= 0.3 is 12.5 Å². The largest absolute Gasteiger partial charge is 0.573 e. The summed E-state index contributed by atoms with van der Waals surface area (Å²) >= 11 is 0. The minimum atomic E-state index is -4.88. The van der Waals surface area contributed by atoms with Crippen molar-refractivity contribution >= 4 is 11.8 Å². The molecule has 0 spiro atoms. The van der Waals surface area contributed by atoms with Crippen molar-refractivity contribution in [2.75, 3.05) is 11.9 Å². The average Bonchev–Trinajstić information content (AvgIpc) is 3.01. The summed E-state index contributed by atoms with van der Waals surface area (Å²) in [6.07, 6.45) is -5.72. The van der Waals surface area contributed by atoms with E-state index in [0.29, 0.717) is 0 Å². The molecule has 0 unspecified atom stereocenters. The predicted octanol–water partition coefficient (Wildman–Crippen LogP) is 5.65. The van der Waals surface area contributed by atoms with E-state index in [-0.39, 0.29) is 18.2 Å². The van der Waals surface area contributed by atoms with E-state index in [0.717, 1.165) is 40.5 Å². The molecule has 8 heteroatoms. The maximum absolute atomic E-state index is 12.2. The van der Waals surface area contributed by atoms with Crippen molar-refractivity contribution in [1.29, 1.82) is 0 Å². The Balaban J connectivity index is 1.44. The Hall–Kier alpha value is -3.68. The van der Waals surface area contributed by atoms with E-state index in [1.165, 1.54) is 0 Å². The highest BCUT2D eigenvalue weighted by Gasteiger charge is 2.31. The quantitative estimate of drug-likeness (QED) is 0.540. The zero-order valence-electron chi connectivity index (χ0n) is 15.4. The van der Waals surface area contributed by atoms with Gasteiger partial charge in [-0.3, -0.25) is 5.32 Å². The molecule has 30 heavy (non-hydrogen) atoms. The van der Waals surface area contributed by atoms with Gasteiger partial charge in [0.25, 0.3) is 0 Å². The number of benzene rings is 3. The van der Waals surface area contributed by atoms with Crippen molar-refractivity contribution in [1.82, 2.24) is 0 Å². The fraction of sp³-hybridized carbons (Fsp3) is 0.136. The molecule has 0 aliphatic heterocycles. The zero-order chi connectivity index (χ0) is 21.3. The van der Waals surface area contributed by atoms with E-state index in [1.54, 1.807) is 0 Å². The third-order valence-electron chi connectivity index (χ3n) is 4.78. The van der Waals surface area contributed by atoms with Crippen LogP contribution in [-0.2, 0) is 4.74 Å². The summed E-state index contributed by atoms with van der Waals surface area (Å²) in [6.45, 7) is 0.0654. The molecule has 0 radical (unpaired) electrons. The Labute approximate surface area is 169 Å². The third-order valence-corrected chi connectivity index (χ3v) is 4.78. The van der Waals surface area contributed by atoms with Crippen LogP contribution in [0.25, 0.3) is 11.1 Å². The van der Waals surface area contributed by atoms with E-state index in [4.69, 9.17) is 4.74 Å². The van der Waals surface area contributed by atoms with Crippen LogP contribution in [0.3, 0.4) is 0 Å². The number of nitrogens with one attached hydrogen (secondary N) is 1. The first kappa shape index (κ1) is 19.6. The molecular weight excluding hydrogens is 399 g/mol. The molecule has 0 aromatic heterocycles. The van der Waals surface area contributed by atoms with Gasteiger partial charge < -0.3 is 14.6 Å². The number of hydrogen-bond acceptors (Lipinski definition) is 4. The molecule has 0 saturated heterocycles. The number of aromatic hydroxyl groups is 1. The van der Waals surface area contributed by atoms with Crippen LogP contribution in [0.2, 0.25) is 0 Å². The molecule has 5 nitrogen and oxygen atoms in total. The van der Waals surface area contributed by atoms with Crippen LogP contribution in [0.5, 0.6) is 11.5 Å². The van der Waals surface area contributed by atoms with E-state index in [9.17, 15) is 23.1 Å². The molecule has 0 fully saturated rings. The summed E-state index contributed by atoms with van der Waals surface area (Å²) < 4.78 is 45.8. The van der Waals surface area contributed by atoms with Crippen molar-refractivity contribution < 1.29 is 32.5 Å². The highest BCUT2D eigenvalue weighted by Crippen LogP contribution is 2.44. The number of alkyl halides is 3. The van der Waals surface area contributed by atoms with Crippen molar-refractivity contribution in [2.24, 2.45) is 0 Å².